The fraction of sp³-hybridized carbons (Fsp3) is 0.350. The average molecular weight is 438 g/mol. The third-order valence-electron chi connectivity index (χ3n) is 4.13. The van der Waals surface area contributed by atoms with E-state index in [0.717, 1.165) is 30.8 Å². The van der Waals surface area contributed by atoms with Crippen molar-refractivity contribution in [2.24, 2.45) is 0 Å². The van der Waals surface area contributed by atoms with Gasteiger partial charge < -0.3 is 19.5 Å². The molecule has 0 spiro atoms. The molecule has 7 heteroatoms. The molecular weight excluding hydrogens is 417 g/mol. The van der Waals surface area contributed by atoms with Gasteiger partial charge in [0.05, 0.1) is 6.10 Å². The van der Waals surface area contributed by atoms with Crippen molar-refractivity contribution in [1.82, 2.24) is 5.32 Å². The van der Waals surface area contributed by atoms with Gasteiger partial charge in [-0.15, -0.1) is 0 Å². The fourth-order valence-corrected chi connectivity index (χ4v) is 2.99. The molecule has 2 aromatic rings. The number of nitrogens with one attached hydrogen (secondary N) is 1. The van der Waals surface area contributed by atoms with E-state index in [-0.39, 0.29) is 24.4 Å². The number of carbonyl (C=O) groups excluding carboxylic acids is 1. The van der Waals surface area contributed by atoms with E-state index in [9.17, 15) is 9.18 Å². The number of carbonyl (C=O) groups is 1. The van der Waals surface area contributed by atoms with Crippen LogP contribution in [0.2, 0.25) is 0 Å². The summed E-state index contributed by atoms with van der Waals surface area (Å²) in [5.74, 6) is -0.0255. The highest BCUT2D eigenvalue weighted by Gasteiger charge is 2.15. The van der Waals surface area contributed by atoms with Crippen LogP contribution in [-0.4, -0.2) is 31.8 Å². The van der Waals surface area contributed by atoms with Crippen molar-refractivity contribution in [3.8, 4) is 11.5 Å². The maximum Gasteiger partial charge on any atom is 0.258 e. The number of amides is 1. The highest BCUT2D eigenvalue weighted by atomic mass is 79.9. The largest absolute Gasteiger partial charge is 0.491 e. The molecule has 1 heterocycles. The van der Waals surface area contributed by atoms with Crippen LogP contribution in [0.3, 0.4) is 0 Å². The lowest BCUT2D eigenvalue weighted by Crippen LogP contribution is -2.28. The van der Waals surface area contributed by atoms with Crippen LogP contribution in [0.25, 0.3) is 0 Å². The molecule has 1 atom stereocenters. The van der Waals surface area contributed by atoms with Gasteiger partial charge in [-0.2, -0.15) is 0 Å². The summed E-state index contributed by atoms with van der Waals surface area (Å²) in [5, 5.41) is 2.74. The van der Waals surface area contributed by atoms with E-state index >= 15 is 0 Å². The zero-order valence-corrected chi connectivity index (χ0v) is 16.3. The molecule has 1 fully saturated rings. The maximum atomic E-state index is 13.6. The first-order valence-corrected chi connectivity index (χ1v) is 9.57. The van der Waals surface area contributed by atoms with E-state index in [0.29, 0.717) is 17.6 Å². The van der Waals surface area contributed by atoms with Crippen LogP contribution in [0.5, 0.6) is 11.5 Å². The molecule has 5 nitrogen and oxygen atoms in total. The molecule has 27 heavy (non-hydrogen) atoms. The molecule has 1 unspecified atom stereocenters. The molecule has 2 aromatic carbocycles. The second-order valence-electron chi connectivity index (χ2n) is 6.23. The molecule has 1 aliphatic rings. The summed E-state index contributed by atoms with van der Waals surface area (Å²) in [7, 11) is 0. The van der Waals surface area contributed by atoms with Gasteiger partial charge in [-0.25, -0.2) is 4.39 Å². The molecule has 1 saturated heterocycles. The second kappa shape index (κ2) is 9.71. The first-order chi connectivity index (χ1) is 13.1. The van der Waals surface area contributed by atoms with Crippen molar-refractivity contribution in [3.63, 3.8) is 0 Å². The number of hydrogen-bond acceptors (Lipinski definition) is 4. The minimum absolute atomic E-state index is 0.0427. The molecule has 0 aromatic heterocycles. The van der Waals surface area contributed by atoms with Crippen LogP contribution in [0, 0.1) is 5.82 Å². The highest BCUT2D eigenvalue weighted by Crippen LogP contribution is 2.21. The molecular formula is C20H21BrFNO4. The van der Waals surface area contributed by atoms with E-state index in [1.807, 2.05) is 24.3 Å². The molecule has 0 saturated carbocycles. The summed E-state index contributed by atoms with van der Waals surface area (Å²) in [5.41, 5.74) is 0.933. The zero-order chi connectivity index (χ0) is 19.1. The van der Waals surface area contributed by atoms with Crippen molar-refractivity contribution in [3.05, 3.63) is 58.3 Å². The number of hydrogen-bond donors (Lipinski definition) is 1. The minimum Gasteiger partial charge on any atom is -0.491 e. The molecule has 1 N–H and O–H groups in total. The van der Waals surface area contributed by atoms with E-state index in [2.05, 4.69) is 21.2 Å². The Kier molecular flexibility index (Phi) is 7.06. The van der Waals surface area contributed by atoms with Gasteiger partial charge in [0, 0.05) is 17.6 Å². The van der Waals surface area contributed by atoms with Crippen molar-refractivity contribution < 1.29 is 23.4 Å². The minimum atomic E-state index is -0.518. The summed E-state index contributed by atoms with van der Waals surface area (Å²) < 4.78 is 30.7. The number of rotatable bonds is 8. The lowest BCUT2D eigenvalue weighted by molar-refractivity contribution is -0.123. The van der Waals surface area contributed by atoms with Gasteiger partial charge >= 0.3 is 0 Å². The summed E-state index contributed by atoms with van der Waals surface area (Å²) >= 11 is 3.17. The third-order valence-corrected chi connectivity index (χ3v) is 4.62. The average Bonchev–Trinajstić information content (AvgIpc) is 3.18. The monoisotopic (exact) mass is 437 g/mol. The first kappa shape index (κ1) is 19.6. The molecule has 3 rings (SSSR count). The van der Waals surface area contributed by atoms with Crippen LogP contribution in [0.1, 0.15) is 18.4 Å². The van der Waals surface area contributed by atoms with E-state index in [1.165, 1.54) is 12.1 Å². The topological polar surface area (TPSA) is 56.8 Å². The van der Waals surface area contributed by atoms with E-state index < -0.39 is 5.82 Å². The quantitative estimate of drug-likeness (QED) is 0.681. The molecule has 0 aliphatic carbocycles. The SMILES string of the molecule is O=C(COc1ccc(Br)cc1F)NCc1ccc(OCC2CCCO2)cc1. The smallest absolute Gasteiger partial charge is 0.258 e. The Morgan fingerprint density at radius 2 is 2.04 bits per heavy atom. The lowest BCUT2D eigenvalue weighted by Gasteiger charge is -2.12. The van der Waals surface area contributed by atoms with Gasteiger partial charge in [-0.1, -0.05) is 28.1 Å². The summed E-state index contributed by atoms with van der Waals surface area (Å²) in [6, 6.07) is 11.9. The van der Waals surface area contributed by atoms with Gasteiger partial charge in [0.25, 0.3) is 5.91 Å². The predicted octanol–water partition coefficient (Wildman–Crippen LogP) is 3.84. The van der Waals surface area contributed by atoms with Crippen molar-refractivity contribution in [2.45, 2.75) is 25.5 Å². The fourth-order valence-electron chi connectivity index (χ4n) is 2.66. The van der Waals surface area contributed by atoms with Gasteiger partial charge in [-0.05, 0) is 48.7 Å². The first-order valence-electron chi connectivity index (χ1n) is 8.78. The Balaban J connectivity index is 1.39. The maximum absolute atomic E-state index is 13.6. The molecule has 1 aliphatic heterocycles. The third kappa shape index (κ3) is 6.22. The van der Waals surface area contributed by atoms with Gasteiger partial charge in [-0.3, -0.25) is 4.79 Å². The van der Waals surface area contributed by atoms with E-state index in [1.54, 1.807) is 6.07 Å². The Morgan fingerprint density at radius 3 is 2.74 bits per heavy atom. The van der Waals surface area contributed by atoms with Crippen molar-refractivity contribution in [2.75, 3.05) is 19.8 Å². The van der Waals surface area contributed by atoms with Crippen LogP contribution in [-0.2, 0) is 16.1 Å². The van der Waals surface area contributed by atoms with Crippen LogP contribution < -0.4 is 14.8 Å². The lowest BCUT2D eigenvalue weighted by atomic mass is 10.2. The Hall–Kier alpha value is -2.12. The predicted molar refractivity (Wildman–Crippen MR) is 102 cm³/mol. The Morgan fingerprint density at radius 1 is 1.22 bits per heavy atom. The van der Waals surface area contributed by atoms with Crippen LogP contribution >= 0.6 is 15.9 Å². The van der Waals surface area contributed by atoms with Crippen LogP contribution in [0.15, 0.2) is 46.9 Å². The standard InChI is InChI=1S/C20H21BrFNO4/c21-15-5-8-19(18(22)10-15)27-13-20(24)23-11-14-3-6-16(7-4-14)26-12-17-2-1-9-25-17/h3-8,10,17H,1-2,9,11-13H2,(H,23,24). The molecule has 144 valence electrons. The molecule has 1 amide bonds. The van der Waals surface area contributed by atoms with Crippen LogP contribution in [0.4, 0.5) is 4.39 Å². The number of ether oxygens (including phenoxy) is 3. The zero-order valence-electron chi connectivity index (χ0n) is 14.8. The van der Waals surface area contributed by atoms with Gasteiger partial charge in [0.1, 0.15) is 12.4 Å². The number of benzene rings is 2. The second-order valence-corrected chi connectivity index (χ2v) is 7.15. The van der Waals surface area contributed by atoms with Crippen molar-refractivity contribution >= 4 is 21.8 Å². The number of halogens is 2. The normalized spacial score (nSPS) is 16.1. The summed E-state index contributed by atoms with van der Waals surface area (Å²) in [6.07, 6.45) is 2.31. The molecule has 0 bridgehead atoms. The molecule has 0 radical (unpaired) electrons. The van der Waals surface area contributed by atoms with E-state index in [4.69, 9.17) is 14.2 Å². The van der Waals surface area contributed by atoms with Gasteiger partial charge in [0.2, 0.25) is 0 Å². The summed E-state index contributed by atoms with van der Waals surface area (Å²) in [4.78, 5) is 11.9. The Bertz CT molecular complexity index is 763. The van der Waals surface area contributed by atoms with Crippen molar-refractivity contribution in [1.29, 1.82) is 0 Å². The Labute approximate surface area is 165 Å². The summed E-state index contributed by atoms with van der Waals surface area (Å²) in [6.45, 7) is 1.48. The van der Waals surface area contributed by atoms with Gasteiger partial charge in [0.15, 0.2) is 18.2 Å². The highest BCUT2D eigenvalue weighted by molar-refractivity contribution is 9.10.